The van der Waals surface area contributed by atoms with Crippen molar-refractivity contribution in [2.45, 2.75) is 26.9 Å². The molecule has 5 nitrogen and oxygen atoms in total. The molecule has 0 atom stereocenters. The first-order valence-electron chi connectivity index (χ1n) is 10.1. The van der Waals surface area contributed by atoms with Crippen LogP contribution in [-0.4, -0.2) is 22.1 Å². The molecule has 0 saturated carbocycles. The Morgan fingerprint density at radius 3 is 2.57 bits per heavy atom. The van der Waals surface area contributed by atoms with Gasteiger partial charge < -0.3 is 14.6 Å². The van der Waals surface area contributed by atoms with E-state index in [9.17, 15) is 4.79 Å². The lowest BCUT2D eigenvalue weighted by molar-refractivity contribution is 0.0949. The SMILES string of the molecule is Cc1ccc(OCCn2c(CNC(=O)c3cccc(C)c3)nc3ccccc32)cc1. The highest BCUT2D eigenvalue weighted by atomic mass is 16.5. The molecule has 1 aromatic heterocycles. The molecule has 1 heterocycles. The normalized spacial score (nSPS) is 10.9. The third-order valence-electron chi connectivity index (χ3n) is 5.03. The third kappa shape index (κ3) is 4.51. The van der Waals surface area contributed by atoms with Crippen LogP contribution in [-0.2, 0) is 13.1 Å². The number of imidazole rings is 1. The van der Waals surface area contributed by atoms with Gasteiger partial charge in [-0.15, -0.1) is 0 Å². The van der Waals surface area contributed by atoms with Crippen LogP contribution in [0.2, 0.25) is 0 Å². The number of carbonyl (C=O) groups is 1. The fourth-order valence-corrected chi connectivity index (χ4v) is 3.45. The van der Waals surface area contributed by atoms with Gasteiger partial charge in [0, 0.05) is 5.56 Å². The Labute approximate surface area is 176 Å². The van der Waals surface area contributed by atoms with Crippen molar-refractivity contribution in [3.8, 4) is 5.75 Å². The third-order valence-corrected chi connectivity index (χ3v) is 5.03. The monoisotopic (exact) mass is 399 g/mol. The van der Waals surface area contributed by atoms with E-state index in [4.69, 9.17) is 9.72 Å². The summed E-state index contributed by atoms with van der Waals surface area (Å²) in [6.45, 7) is 5.54. The van der Waals surface area contributed by atoms with Gasteiger partial charge in [0.05, 0.1) is 24.1 Å². The highest BCUT2D eigenvalue weighted by Gasteiger charge is 2.12. The minimum absolute atomic E-state index is 0.104. The van der Waals surface area contributed by atoms with Gasteiger partial charge in [-0.2, -0.15) is 0 Å². The first-order chi connectivity index (χ1) is 14.6. The zero-order chi connectivity index (χ0) is 20.9. The quantitative estimate of drug-likeness (QED) is 0.492. The van der Waals surface area contributed by atoms with E-state index in [0.717, 1.165) is 28.2 Å². The van der Waals surface area contributed by atoms with Crippen LogP contribution in [0.1, 0.15) is 27.3 Å². The molecule has 1 amide bonds. The van der Waals surface area contributed by atoms with E-state index in [1.807, 2.05) is 79.7 Å². The van der Waals surface area contributed by atoms with Crippen LogP contribution >= 0.6 is 0 Å². The lowest BCUT2D eigenvalue weighted by atomic mass is 10.1. The summed E-state index contributed by atoms with van der Waals surface area (Å²) in [6, 6.07) is 23.6. The maximum absolute atomic E-state index is 12.6. The minimum Gasteiger partial charge on any atom is -0.492 e. The molecule has 0 aliphatic carbocycles. The van der Waals surface area contributed by atoms with Crippen molar-refractivity contribution < 1.29 is 9.53 Å². The Bertz CT molecular complexity index is 1160. The van der Waals surface area contributed by atoms with Gasteiger partial charge in [0.2, 0.25) is 0 Å². The Morgan fingerprint density at radius 1 is 0.967 bits per heavy atom. The molecule has 1 N–H and O–H groups in total. The van der Waals surface area contributed by atoms with Crippen molar-refractivity contribution in [2.24, 2.45) is 0 Å². The van der Waals surface area contributed by atoms with Gasteiger partial charge in [-0.05, 0) is 50.2 Å². The van der Waals surface area contributed by atoms with E-state index < -0.39 is 0 Å². The Kier molecular flexibility index (Phi) is 5.80. The molecule has 5 heteroatoms. The lowest BCUT2D eigenvalue weighted by Crippen LogP contribution is -2.25. The van der Waals surface area contributed by atoms with Crippen molar-refractivity contribution in [2.75, 3.05) is 6.61 Å². The molecule has 0 spiro atoms. The maximum Gasteiger partial charge on any atom is 0.251 e. The number of fused-ring (bicyclic) bond motifs is 1. The Morgan fingerprint density at radius 2 is 1.77 bits per heavy atom. The van der Waals surface area contributed by atoms with Gasteiger partial charge in [0.25, 0.3) is 5.91 Å². The van der Waals surface area contributed by atoms with Crippen LogP contribution in [0, 0.1) is 13.8 Å². The number of hydrogen-bond acceptors (Lipinski definition) is 3. The van der Waals surface area contributed by atoms with Crippen LogP contribution in [0.25, 0.3) is 11.0 Å². The molecule has 0 fully saturated rings. The fraction of sp³-hybridized carbons (Fsp3) is 0.200. The number of amides is 1. The van der Waals surface area contributed by atoms with Crippen LogP contribution in [0.4, 0.5) is 0 Å². The van der Waals surface area contributed by atoms with Crippen LogP contribution in [0.15, 0.2) is 72.8 Å². The van der Waals surface area contributed by atoms with Crippen molar-refractivity contribution >= 4 is 16.9 Å². The van der Waals surface area contributed by atoms with Gasteiger partial charge in [0.1, 0.15) is 18.2 Å². The van der Waals surface area contributed by atoms with E-state index in [1.165, 1.54) is 5.56 Å². The van der Waals surface area contributed by atoms with Crippen molar-refractivity contribution in [1.82, 2.24) is 14.9 Å². The van der Waals surface area contributed by atoms with E-state index in [-0.39, 0.29) is 5.91 Å². The van der Waals surface area contributed by atoms with E-state index in [1.54, 1.807) is 0 Å². The summed E-state index contributed by atoms with van der Waals surface area (Å²) in [6.07, 6.45) is 0. The van der Waals surface area contributed by atoms with E-state index in [0.29, 0.717) is 25.3 Å². The number of carbonyl (C=O) groups excluding carboxylic acids is 1. The minimum atomic E-state index is -0.104. The number of aromatic nitrogens is 2. The summed E-state index contributed by atoms with van der Waals surface area (Å²) in [5.41, 5.74) is 4.86. The van der Waals surface area contributed by atoms with E-state index in [2.05, 4.69) is 16.8 Å². The summed E-state index contributed by atoms with van der Waals surface area (Å²) >= 11 is 0. The fourth-order valence-electron chi connectivity index (χ4n) is 3.45. The molecule has 3 aromatic carbocycles. The highest BCUT2D eigenvalue weighted by Crippen LogP contribution is 2.17. The van der Waals surface area contributed by atoms with Crippen LogP contribution in [0.5, 0.6) is 5.75 Å². The van der Waals surface area contributed by atoms with Crippen molar-refractivity contribution in [3.05, 3.63) is 95.3 Å². The van der Waals surface area contributed by atoms with E-state index >= 15 is 0 Å². The predicted octanol–water partition coefficient (Wildman–Crippen LogP) is 4.66. The van der Waals surface area contributed by atoms with Crippen LogP contribution < -0.4 is 10.1 Å². The number of nitrogens with zero attached hydrogens (tertiary/aromatic N) is 2. The molecule has 0 bridgehead atoms. The van der Waals surface area contributed by atoms with Gasteiger partial charge in [-0.3, -0.25) is 4.79 Å². The molecule has 0 saturated heterocycles. The predicted molar refractivity (Wildman–Crippen MR) is 119 cm³/mol. The molecular weight excluding hydrogens is 374 g/mol. The average Bonchev–Trinajstić information content (AvgIpc) is 3.11. The summed E-state index contributed by atoms with van der Waals surface area (Å²) in [4.78, 5) is 17.3. The largest absolute Gasteiger partial charge is 0.492 e. The molecule has 0 radical (unpaired) electrons. The number of benzene rings is 3. The molecule has 152 valence electrons. The molecule has 30 heavy (non-hydrogen) atoms. The number of rotatable bonds is 7. The lowest BCUT2D eigenvalue weighted by Gasteiger charge is -2.12. The Balaban J connectivity index is 1.48. The van der Waals surface area contributed by atoms with Gasteiger partial charge >= 0.3 is 0 Å². The second kappa shape index (κ2) is 8.82. The second-order valence-electron chi connectivity index (χ2n) is 7.38. The highest BCUT2D eigenvalue weighted by molar-refractivity contribution is 5.94. The van der Waals surface area contributed by atoms with Gasteiger partial charge in [-0.1, -0.05) is 47.5 Å². The number of aryl methyl sites for hydroxylation is 2. The number of para-hydroxylation sites is 2. The zero-order valence-electron chi connectivity index (χ0n) is 17.3. The first-order valence-corrected chi connectivity index (χ1v) is 10.1. The maximum atomic E-state index is 12.6. The average molecular weight is 399 g/mol. The molecule has 4 aromatic rings. The summed E-state index contributed by atoms with van der Waals surface area (Å²) in [5, 5.41) is 3.00. The summed E-state index contributed by atoms with van der Waals surface area (Å²) in [5.74, 6) is 1.55. The molecule has 4 rings (SSSR count). The standard InChI is InChI=1S/C25H25N3O2/c1-18-10-12-21(13-11-18)30-15-14-28-23-9-4-3-8-22(23)27-24(28)17-26-25(29)20-7-5-6-19(2)16-20/h3-13,16H,14-15,17H2,1-2H3,(H,26,29). The number of ether oxygens (including phenoxy) is 1. The summed E-state index contributed by atoms with van der Waals surface area (Å²) < 4.78 is 8.02. The van der Waals surface area contributed by atoms with Crippen molar-refractivity contribution in [1.29, 1.82) is 0 Å². The number of hydrogen-bond donors (Lipinski definition) is 1. The summed E-state index contributed by atoms with van der Waals surface area (Å²) in [7, 11) is 0. The van der Waals surface area contributed by atoms with Crippen LogP contribution in [0.3, 0.4) is 0 Å². The van der Waals surface area contributed by atoms with Crippen molar-refractivity contribution in [3.63, 3.8) is 0 Å². The van der Waals surface area contributed by atoms with Gasteiger partial charge in [-0.25, -0.2) is 4.98 Å². The number of nitrogens with one attached hydrogen (secondary N) is 1. The van der Waals surface area contributed by atoms with Gasteiger partial charge in [0.15, 0.2) is 0 Å². The Hall–Kier alpha value is -3.60. The molecule has 0 aliphatic rings. The second-order valence-corrected chi connectivity index (χ2v) is 7.38. The molecule has 0 aliphatic heterocycles. The first kappa shape index (κ1) is 19.7. The smallest absolute Gasteiger partial charge is 0.251 e. The topological polar surface area (TPSA) is 56.1 Å². The molecular formula is C25H25N3O2. The molecule has 0 unspecified atom stereocenters. The zero-order valence-corrected chi connectivity index (χ0v) is 17.3.